The summed E-state index contributed by atoms with van der Waals surface area (Å²) in [7, 11) is 0. The number of unbranched alkanes of at least 4 members (excludes halogenated alkanes) is 1. The molecule has 0 aromatic heterocycles. The molecule has 1 aliphatic carbocycles. The van der Waals surface area contributed by atoms with E-state index in [9.17, 15) is 40.5 Å². The first kappa shape index (κ1) is 25.0. The molecule has 9 atom stereocenters. The Morgan fingerprint density at radius 3 is 2.47 bits per heavy atom. The number of carbonyl (C=O) groups is 1. The molecule has 182 valence electrons. The number of fused-ring (bicyclic) bond motifs is 1. The van der Waals surface area contributed by atoms with Crippen molar-refractivity contribution in [3.8, 4) is 0 Å². The van der Waals surface area contributed by atoms with E-state index in [2.05, 4.69) is 0 Å². The first-order valence-electron chi connectivity index (χ1n) is 10.4. The predicted octanol–water partition coefficient (Wildman–Crippen LogP) is -2.20. The van der Waals surface area contributed by atoms with Gasteiger partial charge in [-0.3, -0.25) is 0 Å². The maximum Gasteiger partial charge on any atom is 0.335 e. The maximum absolute atomic E-state index is 11.8. The van der Waals surface area contributed by atoms with E-state index in [1.165, 1.54) is 6.08 Å². The first-order valence-corrected chi connectivity index (χ1v) is 10.4. The van der Waals surface area contributed by atoms with Crippen LogP contribution in [-0.4, -0.2) is 104 Å². The summed E-state index contributed by atoms with van der Waals surface area (Å²) in [6.45, 7) is 0.822. The normalized spacial score (nSPS) is 41.5. The monoisotopic (exact) mass is 462 g/mol. The molecule has 0 aromatic rings. The van der Waals surface area contributed by atoms with Gasteiger partial charge in [0.25, 0.3) is 0 Å². The summed E-state index contributed by atoms with van der Waals surface area (Å²) in [6, 6.07) is 0. The summed E-state index contributed by atoms with van der Waals surface area (Å²) in [6.07, 6.45) is -5.66. The van der Waals surface area contributed by atoms with E-state index in [1.54, 1.807) is 0 Å². The van der Waals surface area contributed by atoms with Gasteiger partial charge < -0.3 is 54.7 Å². The predicted molar refractivity (Wildman–Crippen MR) is 103 cm³/mol. The van der Waals surface area contributed by atoms with Gasteiger partial charge in [0.05, 0.1) is 43.5 Å². The van der Waals surface area contributed by atoms with Crippen LogP contribution in [0, 0.1) is 11.8 Å². The van der Waals surface area contributed by atoms with Crippen LogP contribution in [-0.2, 0) is 23.7 Å². The van der Waals surface area contributed by atoms with Gasteiger partial charge in [0.2, 0.25) is 6.29 Å². The highest BCUT2D eigenvalue weighted by molar-refractivity contribution is 5.87. The van der Waals surface area contributed by atoms with Gasteiger partial charge in [-0.05, 0) is 18.1 Å². The summed E-state index contributed by atoms with van der Waals surface area (Å²) in [4.78, 5) is 11.8. The van der Waals surface area contributed by atoms with E-state index < -0.39 is 73.8 Å². The Hall–Kier alpha value is -1.61. The summed E-state index contributed by atoms with van der Waals surface area (Å²) in [5, 5.41) is 70.2. The minimum absolute atomic E-state index is 0.136. The van der Waals surface area contributed by atoms with Crippen molar-refractivity contribution in [2.75, 3.05) is 19.8 Å². The van der Waals surface area contributed by atoms with E-state index >= 15 is 0 Å². The zero-order valence-corrected chi connectivity index (χ0v) is 17.5. The van der Waals surface area contributed by atoms with Gasteiger partial charge in [0, 0.05) is 0 Å². The molecule has 2 aliphatic heterocycles. The fourth-order valence-electron chi connectivity index (χ4n) is 4.24. The molecule has 0 amide bonds. The van der Waals surface area contributed by atoms with Crippen molar-refractivity contribution in [1.29, 1.82) is 0 Å². The molecule has 0 spiro atoms. The van der Waals surface area contributed by atoms with Crippen LogP contribution in [0.2, 0.25) is 0 Å². The highest BCUT2D eigenvalue weighted by Crippen LogP contribution is 2.49. The SMILES string of the molecule is CCCCOC1(O)C=C(CO)C2C(OC3OC(CO)C(O)C(O)C3O)OC=C(C(=O)O)C21. The van der Waals surface area contributed by atoms with Crippen molar-refractivity contribution >= 4 is 5.97 Å². The van der Waals surface area contributed by atoms with Crippen molar-refractivity contribution in [2.45, 2.75) is 62.5 Å². The molecule has 1 fully saturated rings. The lowest BCUT2D eigenvalue weighted by Crippen LogP contribution is -2.60. The van der Waals surface area contributed by atoms with Crippen molar-refractivity contribution < 1.29 is 59.5 Å². The van der Waals surface area contributed by atoms with Gasteiger partial charge in [0.1, 0.15) is 24.4 Å². The smallest absolute Gasteiger partial charge is 0.335 e. The average Bonchev–Trinajstić information content (AvgIpc) is 3.07. The zero-order valence-electron chi connectivity index (χ0n) is 17.5. The third-order valence-electron chi connectivity index (χ3n) is 5.96. The summed E-state index contributed by atoms with van der Waals surface area (Å²) < 4.78 is 22.0. The summed E-state index contributed by atoms with van der Waals surface area (Å²) >= 11 is 0. The van der Waals surface area contributed by atoms with Crippen LogP contribution in [0.15, 0.2) is 23.5 Å². The molecular formula is C20H30O12. The second-order valence-electron chi connectivity index (χ2n) is 8.05. The van der Waals surface area contributed by atoms with E-state index in [-0.39, 0.29) is 17.8 Å². The largest absolute Gasteiger partial charge is 0.478 e. The minimum Gasteiger partial charge on any atom is -0.478 e. The van der Waals surface area contributed by atoms with Gasteiger partial charge in [-0.2, -0.15) is 0 Å². The van der Waals surface area contributed by atoms with Gasteiger partial charge in [0.15, 0.2) is 12.1 Å². The Bertz CT molecular complexity index is 736. The molecule has 0 saturated carbocycles. The fourth-order valence-corrected chi connectivity index (χ4v) is 4.24. The van der Waals surface area contributed by atoms with E-state index in [0.29, 0.717) is 6.42 Å². The van der Waals surface area contributed by atoms with Crippen LogP contribution >= 0.6 is 0 Å². The summed E-state index contributed by atoms with van der Waals surface area (Å²) in [5.41, 5.74) is -0.113. The number of carboxylic acids is 1. The molecule has 7 N–H and O–H groups in total. The molecule has 0 radical (unpaired) electrons. The van der Waals surface area contributed by atoms with Crippen LogP contribution in [0.3, 0.4) is 0 Å². The Morgan fingerprint density at radius 2 is 1.88 bits per heavy atom. The van der Waals surface area contributed by atoms with E-state index in [4.69, 9.17) is 18.9 Å². The second-order valence-corrected chi connectivity index (χ2v) is 8.05. The number of ether oxygens (including phenoxy) is 4. The Morgan fingerprint density at radius 1 is 1.16 bits per heavy atom. The second kappa shape index (κ2) is 10.1. The molecule has 2 heterocycles. The van der Waals surface area contributed by atoms with Gasteiger partial charge >= 0.3 is 5.97 Å². The molecule has 12 nitrogen and oxygen atoms in total. The van der Waals surface area contributed by atoms with Crippen LogP contribution in [0.5, 0.6) is 0 Å². The molecule has 3 aliphatic rings. The molecule has 0 aromatic carbocycles. The van der Waals surface area contributed by atoms with Crippen LogP contribution in [0.1, 0.15) is 19.8 Å². The fraction of sp³-hybridized carbons (Fsp3) is 0.750. The molecule has 3 rings (SSSR count). The number of rotatable bonds is 9. The number of aliphatic carboxylic acids is 1. The standard InChI is InChI=1S/C20H30O12/c1-2-3-4-30-20(28)5-9(6-21)12-13(20)10(17(26)27)8-29-18(12)32-19-16(25)15(24)14(23)11(7-22)31-19/h5,8,11-16,18-19,21-25,28H,2-4,6-7H2,1H3,(H,26,27). The number of carboxylic acid groups (broad SMARTS) is 1. The van der Waals surface area contributed by atoms with Crippen molar-refractivity contribution in [3.63, 3.8) is 0 Å². The van der Waals surface area contributed by atoms with E-state index in [0.717, 1.165) is 12.7 Å². The Labute approximate surface area is 183 Å². The third-order valence-corrected chi connectivity index (χ3v) is 5.96. The highest BCUT2D eigenvalue weighted by atomic mass is 16.8. The number of hydrogen-bond donors (Lipinski definition) is 7. The number of aliphatic hydroxyl groups excluding tert-OH is 5. The zero-order chi connectivity index (χ0) is 23.6. The lowest BCUT2D eigenvalue weighted by atomic mass is 9.81. The van der Waals surface area contributed by atoms with Crippen LogP contribution < -0.4 is 0 Å². The van der Waals surface area contributed by atoms with Gasteiger partial charge in [-0.15, -0.1) is 0 Å². The quantitative estimate of drug-likeness (QED) is 0.111. The lowest BCUT2D eigenvalue weighted by Gasteiger charge is -2.43. The number of aliphatic hydroxyl groups is 6. The van der Waals surface area contributed by atoms with Crippen molar-refractivity contribution in [1.82, 2.24) is 0 Å². The van der Waals surface area contributed by atoms with Crippen LogP contribution in [0.4, 0.5) is 0 Å². The molecular weight excluding hydrogens is 432 g/mol. The van der Waals surface area contributed by atoms with Crippen molar-refractivity contribution in [2.24, 2.45) is 11.8 Å². The average molecular weight is 462 g/mol. The Kier molecular flexibility index (Phi) is 7.91. The molecule has 0 bridgehead atoms. The van der Waals surface area contributed by atoms with Gasteiger partial charge in [-0.25, -0.2) is 4.79 Å². The Balaban J connectivity index is 1.89. The third kappa shape index (κ3) is 4.55. The van der Waals surface area contributed by atoms with Gasteiger partial charge in [-0.1, -0.05) is 13.3 Å². The minimum atomic E-state index is -2.05. The maximum atomic E-state index is 11.8. The lowest BCUT2D eigenvalue weighted by molar-refractivity contribution is -0.343. The summed E-state index contributed by atoms with van der Waals surface area (Å²) in [5.74, 6) is -5.66. The molecule has 12 heteroatoms. The number of hydrogen-bond acceptors (Lipinski definition) is 11. The van der Waals surface area contributed by atoms with Crippen molar-refractivity contribution in [3.05, 3.63) is 23.5 Å². The molecule has 9 unspecified atom stereocenters. The highest BCUT2D eigenvalue weighted by Gasteiger charge is 2.58. The van der Waals surface area contributed by atoms with Crippen LogP contribution in [0.25, 0.3) is 0 Å². The molecule has 1 saturated heterocycles. The van der Waals surface area contributed by atoms with E-state index in [1.807, 2.05) is 6.92 Å². The molecule has 32 heavy (non-hydrogen) atoms. The topological polar surface area (TPSA) is 196 Å². The first-order chi connectivity index (χ1) is 15.2.